The number of hydrazone groups is 1. The number of carbonyl (C=O) groups excluding carboxylic acids is 2. The first-order valence-electron chi connectivity index (χ1n) is 11.9. The minimum absolute atomic E-state index is 0.162. The van der Waals surface area contributed by atoms with Crippen LogP contribution < -0.4 is 20.2 Å². The molecule has 11 heteroatoms. The summed E-state index contributed by atoms with van der Waals surface area (Å²) in [6.45, 7) is 1.92. The summed E-state index contributed by atoms with van der Waals surface area (Å²) in [5, 5.41) is 16.0. The average Bonchev–Trinajstić information content (AvgIpc) is 3.37. The van der Waals surface area contributed by atoms with E-state index in [1.54, 1.807) is 79.9 Å². The molecule has 1 heterocycles. The Morgan fingerprint density at radius 3 is 2.54 bits per heavy atom. The van der Waals surface area contributed by atoms with E-state index in [2.05, 4.69) is 26.0 Å². The van der Waals surface area contributed by atoms with E-state index in [9.17, 15) is 9.59 Å². The minimum atomic E-state index is -0.442. The van der Waals surface area contributed by atoms with Crippen molar-refractivity contribution in [3.05, 3.63) is 94.0 Å². The third kappa shape index (κ3) is 7.88. The molecule has 0 saturated heterocycles. The molecule has 4 aromatic rings. The number of carbonyl (C=O) groups is 2. The van der Waals surface area contributed by atoms with Crippen molar-refractivity contribution in [1.29, 1.82) is 0 Å². The molecule has 2 amide bonds. The van der Waals surface area contributed by atoms with Gasteiger partial charge in [-0.25, -0.2) is 5.43 Å². The van der Waals surface area contributed by atoms with Crippen LogP contribution in [-0.4, -0.2) is 42.4 Å². The SMILES string of the molecule is COc1ccc(CC(=O)Nc2ccccc2C(=O)N/N=C\c2ccc(OC)c(CSc3nnc(C)s3)c2)cc1. The molecule has 0 aliphatic carbocycles. The first-order chi connectivity index (χ1) is 18.9. The van der Waals surface area contributed by atoms with Gasteiger partial charge in [-0.3, -0.25) is 9.59 Å². The zero-order valence-corrected chi connectivity index (χ0v) is 23.3. The molecule has 2 N–H and O–H groups in total. The van der Waals surface area contributed by atoms with Crippen LogP contribution >= 0.6 is 23.1 Å². The van der Waals surface area contributed by atoms with Gasteiger partial charge in [-0.05, 0) is 60.5 Å². The van der Waals surface area contributed by atoms with Crippen molar-refractivity contribution in [2.75, 3.05) is 19.5 Å². The number of anilines is 1. The summed E-state index contributed by atoms with van der Waals surface area (Å²) in [4.78, 5) is 25.5. The Bertz CT molecular complexity index is 1470. The zero-order valence-electron chi connectivity index (χ0n) is 21.6. The van der Waals surface area contributed by atoms with E-state index in [1.807, 2.05) is 37.3 Å². The molecule has 4 rings (SSSR count). The number of rotatable bonds is 11. The van der Waals surface area contributed by atoms with Gasteiger partial charge < -0.3 is 14.8 Å². The van der Waals surface area contributed by atoms with Crippen molar-refractivity contribution in [2.24, 2.45) is 5.10 Å². The molecular weight excluding hydrogens is 534 g/mol. The van der Waals surface area contributed by atoms with Gasteiger partial charge in [-0.2, -0.15) is 5.10 Å². The Labute approximate surface area is 234 Å². The van der Waals surface area contributed by atoms with E-state index < -0.39 is 5.91 Å². The molecule has 0 unspecified atom stereocenters. The second-order valence-corrected chi connectivity index (χ2v) is 10.7. The van der Waals surface area contributed by atoms with Gasteiger partial charge in [0.25, 0.3) is 5.91 Å². The number of hydrogen-bond acceptors (Lipinski definition) is 9. The summed E-state index contributed by atoms with van der Waals surface area (Å²) >= 11 is 3.12. The largest absolute Gasteiger partial charge is 0.497 e. The molecule has 0 saturated carbocycles. The topological polar surface area (TPSA) is 115 Å². The molecule has 0 spiro atoms. The van der Waals surface area contributed by atoms with Gasteiger partial charge >= 0.3 is 0 Å². The Morgan fingerprint density at radius 1 is 1.03 bits per heavy atom. The molecule has 0 radical (unpaired) electrons. The molecule has 3 aromatic carbocycles. The Balaban J connectivity index is 1.38. The van der Waals surface area contributed by atoms with Crippen LogP contribution in [0.3, 0.4) is 0 Å². The predicted molar refractivity (Wildman–Crippen MR) is 154 cm³/mol. The van der Waals surface area contributed by atoms with Crippen LogP contribution in [0.1, 0.15) is 32.1 Å². The van der Waals surface area contributed by atoms with Crippen molar-refractivity contribution < 1.29 is 19.1 Å². The maximum absolute atomic E-state index is 12.9. The monoisotopic (exact) mass is 561 g/mol. The molecule has 0 aliphatic heterocycles. The predicted octanol–water partition coefficient (Wildman–Crippen LogP) is 5.10. The fourth-order valence-electron chi connectivity index (χ4n) is 3.61. The van der Waals surface area contributed by atoms with Gasteiger partial charge in [0, 0.05) is 11.3 Å². The zero-order chi connectivity index (χ0) is 27.6. The average molecular weight is 562 g/mol. The summed E-state index contributed by atoms with van der Waals surface area (Å²) in [6.07, 6.45) is 1.72. The van der Waals surface area contributed by atoms with E-state index in [0.29, 0.717) is 17.0 Å². The van der Waals surface area contributed by atoms with Crippen molar-refractivity contribution >= 4 is 46.8 Å². The van der Waals surface area contributed by atoms with E-state index in [-0.39, 0.29) is 12.3 Å². The molecule has 0 fully saturated rings. The Hall–Kier alpha value is -4.22. The van der Waals surface area contributed by atoms with Crippen LogP contribution in [0.5, 0.6) is 11.5 Å². The maximum atomic E-state index is 12.9. The van der Waals surface area contributed by atoms with Gasteiger partial charge in [0.2, 0.25) is 5.91 Å². The highest BCUT2D eigenvalue weighted by atomic mass is 32.2. The van der Waals surface area contributed by atoms with Gasteiger partial charge in [0.1, 0.15) is 16.5 Å². The van der Waals surface area contributed by atoms with Crippen molar-refractivity contribution in [2.45, 2.75) is 23.4 Å². The highest BCUT2D eigenvalue weighted by molar-refractivity contribution is 8.00. The third-order valence-corrected chi connectivity index (χ3v) is 7.53. The van der Waals surface area contributed by atoms with Gasteiger partial charge in [-0.15, -0.1) is 10.2 Å². The number of nitrogens with zero attached hydrogens (tertiary/aromatic N) is 3. The number of hydrogen-bond donors (Lipinski definition) is 2. The summed E-state index contributed by atoms with van der Waals surface area (Å²) in [5.74, 6) is 1.44. The summed E-state index contributed by atoms with van der Waals surface area (Å²) < 4.78 is 11.5. The molecule has 200 valence electrons. The number of thioether (sulfide) groups is 1. The minimum Gasteiger partial charge on any atom is -0.497 e. The number of methoxy groups -OCH3 is 2. The molecule has 1 aromatic heterocycles. The van der Waals surface area contributed by atoms with Crippen LogP contribution in [0.4, 0.5) is 5.69 Å². The van der Waals surface area contributed by atoms with Crippen LogP contribution in [0.15, 0.2) is 76.2 Å². The van der Waals surface area contributed by atoms with Gasteiger partial charge in [-0.1, -0.05) is 47.4 Å². The van der Waals surface area contributed by atoms with Crippen molar-refractivity contribution in [3.8, 4) is 11.5 Å². The van der Waals surface area contributed by atoms with Crippen molar-refractivity contribution in [3.63, 3.8) is 0 Å². The quantitative estimate of drug-likeness (QED) is 0.149. The highest BCUT2D eigenvalue weighted by Gasteiger charge is 2.13. The molecule has 0 aliphatic rings. The number of amides is 2. The highest BCUT2D eigenvalue weighted by Crippen LogP contribution is 2.30. The molecule has 39 heavy (non-hydrogen) atoms. The molecule has 9 nitrogen and oxygen atoms in total. The van der Waals surface area contributed by atoms with E-state index in [0.717, 1.165) is 37.5 Å². The normalized spacial score (nSPS) is 10.8. The lowest BCUT2D eigenvalue weighted by Gasteiger charge is -2.10. The first-order valence-corrected chi connectivity index (χ1v) is 13.7. The van der Waals surface area contributed by atoms with Crippen molar-refractivity contribution in [1.82, 2.24) is 15.6 Å². The van der Waals surface area contributed by atoms with Crippen LogP contribution in [0, 0.1) is 6.92 Å². The number of para-hydroxylation sites is 1. The fourth-order valence-corrected chi connectivity index (χ4v) is 5.40. The molecular formula is C28H27N5O4S2. The number of nitrogens with one attached hydrogen (secondary N) is 2. The lowest BCUT2D eigenvalue weighted by molar-refractivity contribution is -0.115. The first kappa shape index (κ1) is 27.8. The van der Waals surface area contributed by atoms with Gasteiger partial charge in [0.05, 0.1) is 38.1 Å². The van der Waals surface area contributed by atoms with Crippen LogP contribution in [0.25, 0.3) is 0 Å². The fraction of sp³-hybridized carbons (Fsp3) is 0.179. The number of benzene rings is 3. The lowest BCUT2D eigenvalue weighted by Crippen LogP contribution is -2.22. The van der Waals surface area contributed by atoms with E-state index in [1.165, 1.54) is 0 Å². The number of aryl methyl sites for hydroxylation is 1. The van der Waals surface area contributed by atoms with Gasteiger partial charge in [0.15, 0.2) is 4.34 Å². The summed E-state index contributed by atoms with van der Waals surface area (Å²) in [7, 11) is 3.21. The summed E-state index contributed by atoms with van der Waals surface area (Å²) in [6, 6.07) is 19.7. The Kier molecular flexibility index (Phi) is 9.65. The maximum Gasteiger partial charge on any atom is 0.273 e. The lowest BCUT2D eigenvalue weighted by atomic mass is 10.1. The standard InChI is InChI=1S/C28H27N5O4S2/c1-18-31-33-28(39-18)38-17-21-14-20(10-13-25(21)37-3)16-29-32-27(35)23-6-4-5-7-24(23)30-26(34)15-19-8-11-22(36-2)12-9-19/h4-14,16H,15,17H2,1-3H3,(H,30,34)(H,32,35)/b29-16-. The van der Waals surface area contributed by atoms with Crippen LogP contribution in [0.2, 0.25) is 0 Å². The number of aromatic nitrogens is 2. The van der Waals surface area contributed by atoms with E-state index in [4.69, 9.17) is 9.47 Å². The molecule has 0 atom stereocenters. The van der Waals surface area contributed by atoms with E-state index >= 15 is 0 Å². The second-order valence-electron chi connectivity index (χ2n) is 8.26. The van der Waals surface area contributed by atoms with Crippen LogP contribution in [-0.2, 0) is 17.0 Å². The summed E-state index contributed by atoms with van der Waals surface area (Å²) in [5.41, 5.74) is 5.84. The number of ether oxygens (including phenoxy) is 2. The Morgan fingerprint density at radius 2 is 1.82 bits per heavy atom. The smallest absolute Gasteiger partial charge is 0.273 e. The molecule has 0 bridgehead atoms. The third-order valence-electron chi connectivity index (χ3n) is 5.51. The second kappa shape index (κ2) is 13.5.